The molecule has 13 heavy (non-hydrogen) atoms. The Hall–Kier alpha value is -1.57. The molecule has 1 aromatic rings. The summed E-state index contributed by atoms with van der Waals surface area (Å²) in [7, 11) is 0. The smallest absolute Gasteiger partial charge is 0.192 e. The zero-order chi connectivity index (χ0) is 9.84. The highest BCUT2D eigenvalue weighted by Gasteiger charge is 2.09. The Morgan fingerprint density at radius 3 is 2.54 bits per heavy atom. The largest absolute Gasteiger partial charge is 0.515 e. The normalized spacial score (nSPS) is 11.4. The van der Waals surface area contributed by atoms with E-state index in [-0.39, 0.29) is 5.78 Å². The van der Waals surface area contributed by atoms with Crippen molar-refractivity contribution in [2.75, 3.05) is 0 Å². The van der Waals surface area contributed by atoms with E-state index in [1.807, 2.05) is 25.1 Å². The van der Waals surface area contributed by atoms with Crippen molar-refractivity contribution in [2.24, 2.45) is 0 Å². The molecule has 0 aliphatic carbocycles. The maximum atomic E-state index is 11.6. The van der Waals surface area contributed by atoms with Gasteiger partial charge < -0.3 is 5.11 Å². The van der Waals surface area contributed by atoms with Gasteiger partial charge in [-0.15, -0.1) is 0 Å². The highest BCUT2D eigenvalue weighted by molar-refractivity contribution is 6.08. The highest BCUT2D eigenvalue weighted by atomic mass is 16.2. The first-order chi connectivity index (χ1) is 6.16. The van der Waals surface area contributed by atoms with Crippen LogP contribution in [0, 0.1) is 6.92 Å². The summed E-state index contributed by atoms with van der Waals surface area (Å²) >= 11 is 0. The van der Waals surface area contributed by atoms with Gasteiger partial charge in [-0.25, -0.2) is 0 Å². The zero-order valence-corrected chi connectivity index (χ0v) is 7.74. The number of carbonyl (C=O) groups excluding carboxylic acids is 1. The molecule has 2 nitrogen and oxygen atoms in total. The summed E-state index contributed by atoms with van der Waals surface area (Å²) in [6.07, 6.45) is 0.842. The quantitative estimate of drug-likeness (QED) is 0.427. The van der Waals surface area contributed by atoms with Crippen molar-refractivity contribution in [2.45, 2.75) is 13.8 Å². The summed E-state index contributed by atoms with van der Waals surface area (Å²) in [4.78, 5) is 11.6. The van der Waals surface area contributed by atoms with E-state index in [2.05, 4.69) is 0 Å². The number of rotatable bonds is 2. The molecular formula is C11H12O2. The first kappa shape index (κ1) is 9.52. The van der Waals surface area contributed by atoms with E-state index in [0.29, 0.717) is 11.1 Å². The summed E-state index contributed by atoms with van der Waals surface area (Å²) in [5, 5.41) is 8.67. The Morgan fingerprint density at radius 1 is 1.38 bits per heavy atom. The number of hydrogen-bond acceptors (Lipinski definition) is 2. The molecule has 0 saturated carbocycles. The molecule has 1 aromatic carbocycles. The summed E-state index contributed by atoms with van der Waals surface area (Å²) in [5.41, 5.74) is 1.92. The Kier molecular flexibility index (Phi) is 2.85. The van der Waals surface area contributed by atoms with E-state index in [0.717, 1.165) is 11.8 Å². The van der Waals surface area contributed by atoms with Gasteiger partial charge in [-0.3, -0.25) is 4.79 Å². The fraction of sp³-hybridized carbons (Fsp3) is 0.182. The summed E-state index contributed by atoms with van der Waals surface area (Å²) in [5.74, 6) is -0.124. The van der Waals surface area contributed by atoms with Crippen LogP contribution >= 0.6 is 0 Å². The fourth-order valence-corrected chi connectivity index (χ4v) is 1.10. The lowest BCUT2D eigenvalue weighted by molar-refractivity contribution is 0.103. The maximum Gasteiger partial charge on any atom is 0.192 e. The van der Waals surface area contributed by atoms with Crippen LogP contribution in [0.25, 0.3) is 0 Å². The highest BCUT2D eigenvalue weighted by Crippen LogP contribution is 2.11. The minimum absolute atomic E-state index is 0.124. The van der Waals surface area contributed by atoms with E-state index in [1.54, 1.807) is 13.0 Å². The molecule has 0 amide bonds. The molecule has 0 fully saturated rings. The van der Waals surface area contributed by atoms with Gasteiger partial charge in [-0.1, -0.05) is 24.3 Å². The molecule has 0 atom stereocenters. The summed E-state index contributed by atoms with van der Waals surface area (Å²) < 4.78 is 0. The first-order valence-corrected chi connectivity index (χ1v) is 4.08. The van der Waals surface area contributed by atoms with Crippen LogP contribution in [-0.2, 0) is 0 Å². The first-order valence-electron chi connectivity index (χ1n) is 4.08. The molecule has 0 saturated heterocycles. The standard InChI is InChI=1S/C11H12O2/c1-8-5-3-4-6-10(8)11(13)9(2)7-12/h3-7,12H,1-2H3/b9-7-. The van der Waals surface area contributed by atoms with Crippen LogP contribution in [0.3, 0.4) is 0 Å². The molecule has 68 valence electrons. The molecular weight excluding hydrogens is 164 g/mol. The van der Waals surface area contributed by atoms with Gasteiger partial charge in [0.2, 0.25) is 0 Å². The molecule has 0 aliphatic rings. The molecule has 0 radical (unpaired) electrons. The van der Waals surface area contributed by atoms with Crippen LogP contribution < -0.4 is 0 Å². The Morgan fingerprint density at radius 2 is 2.00 bits per heavy atom. The molecule has 2 heteroatoms. The minimum atomic E-state index is -0.124. The SMILES string of the molecule is C/C(=C/O)C(=O)c1ccccc1C. The van der Waals surface area contributed by atoms with Gasteiger partial charge in [0.15, 0.2) is 5.78 Å². The van der Waals surface area contributed by atoms with E-state index in [9.17, 15) is 4.79 Å². The molecule has 0 aliphatic heterocycles. The number of benzene rings is 1. The second kappa shape index (κ2) is 3.90. The minimum Gasteiger partial charge on any atom is -0.515 e. The topological polar surface area (TPSA) is 37.3 Å². The number of aryl methyl sites for hydroxylation is 1. The molecule has 0 bridgehead atoms. The average Bonchev–Trinajstić information content (AvgIpc) is 2.16. The van der Waals surface area contributed by atoms with E-state index < -0.39 is 0 Å². The zero-order valence-electron chi connectivity index (χ0n) is 7.74. The van der Waals surface area contributed by atoms with Crippen molar-refractivity contribution in [3.8, 4) is 0 Å². The third-order valence-corrected chi connectivity index (χ3v) is 1.94. The van der Waals surface area contributed by atoms with Crippen molar-refractivity contribution in [3.05, 3.63) is 47.2 Å². The number of Topliss-reactive ketones (excluding diaryl/α,β-unsaturated/α-hetero) is 1. The van der Waals surface area contributed by atoms with Gasteiger partial charge in [0.25, 0.3) is 0 Å². The van der Waals surface area contributed by atoms with Crippen LogP contribution in [0.2, 0.25) is 0 Å². The number of ketones is 1. The van der Waals surface area contributed by atoms with Gasteiger partial charge in [0.05, 0.1) is 6.26 Å². The predicted molar refractivity (Wildman–Crippen MR) is 51.9 cm³/mol. The van der Waals surface area contributed by atoms with Crippen molar-refractivity contribution < 1.29 is 9.90 Å². The number of carbonyl (C=O) groups is 1. The fourth-order valence-electron chi connectivity index (χ4n) is 1.10. The van der Waals surface area contributed by atoms with Crippen molar-refractivity contribution in [1.29, 1.82) is 0 Å². The molecule has 0 heterocycles. The van der Waals surface area contributed by atoms with Gasteiger partial charge in [-0.2, -0.15) is 0 Å². The predicted octanol–water partition coefficient (Wildman–Crippen LogP) is 2.64. The lowest BCUT2D eigenvalue weighted by atomic mass is 10.0. The van der Waals surface area contributed by atoms with E-state index >= 15 is 0 Å². The summed E-state index contributed by atoms with van der Waals surface area (Å²) in [6, 6.07) is 7.32. The number of hydrogen-bond donors (Lipinski definition) is 1. The summed E-state index contributed by atoms with van der Waals surface area (Å²) in [6.45, 7) is 3.46. The van der Waals surface area contributed by atoms with Gasteiger partial charge in [0.1, 0.15) is 0 Å². The third-order valence-electron chi connectivity index (χ3n) is 1.94. The molecule has 1 rings (SSSR count). The second-order valence-corrected chi connectivity index (χ2v) is 2.96. The van der Waals surface area contributed by atoms with Crippen molar-refractivity contribution >= 4 is 5.78 Å². The maximum absolute atomic E-state index is 11.6. The van der Waals surface area contributed by atoms with Crippen LogP contribution in [0.4, 0.5) is 0 Å². The van der Waals surface area contributed by atoms with Crippen LogP contribution in [0.15, 0.2) is 36.1 Å². The van der Waals surface area contributed by atoms with Crippen LogP contribution in [0.5, 0.6) is 0 Å². The number of aliphatic hydroxyl groups is 1. The number of allylic oxidation sites excluding steroid dienone is 1. The average molecular weight is 176 g/mol. The van der Waals surface area contributed by atoms with Crippen molar-refractivity contribution in [3.63, 3.8) is 0 Å². The Bertz CT molecular complexity index is 351. The lowest BCUT2D eigenvalue weighted by Gasteiger charge is -2.02. The second-order valence-electron chi connectivity index (χ2n) is 2.96. The van der Waals surface area contributed by atoms with Crippen LogP contribution in [-0.4, -0.2) is 10.9 Å². The van der Waals surface area contributed by atoms with Crippen molar-refractivity contribution in [1.82, 2.24) is 0 Å². The lowest BCUT2D eigenvalue weighted by Crippen LogP contribution is -2.02. The van der Waals surface area contributed by atoms with E-state index in [4.69, 9.17) is 5.11 Å². The van der Waals surface area contributed by atoms with Crippen LogP contribution in [0.1, 0.15) is 22.8 Å². The Balaban J connectivity index is 3.10. The molecule has 0 unspecified atom stereocenters. The molecule has 0 aromatic heterocycles. The monoisotopic (exact) mass is 176 g/mol. The van der Waals surface area contributed by atoms with Gasteiger partial charge in [-0.05, 0) is 19.4 Å². The number of aliphatic hydroxyl groups excluding tert-OH is 1. The van der Waals surface area contributed by atoms with Gasteiger partial charge in [0, 0.05) is 11.1 Å². The van der Waals surface area contributed by atoms with E-state index in [1.165, 1.54) is 0 Å². The molecule has 1 N–H and O–H groups in total. The molecule has 0 spiro atoms. The Labute approximate surface area is 77.5 Å². The van der Waals surface area contributed by atoms with Gasteiger partial charge >= 0.3 is 0 Å². The third kappa shape index (κ3) is 1.96.